The average molecular weight is 380 g/mol. The third kappa shape index (κ3) is 3.67. The van der Waals surface area contributed by atoms with Gasteiger partial charge in [-0.15, -0.1) is 10.2 Å². The molecular weight excluding hydrogens is 356 g/mol. The van der Waals surface area contributed by atoms with Crippen molar-refractivity contribution in [2.75, 3.05) is 26.3 Å². The minimum Gasteiger partial charge on any atom is -0.381 e. The first-order chi connectivity index (χ1) is 13.8. The van der Waals surface area contributed by atoms with E-state index < -0.39 is 0 Å². The first-order valence-corrected chi connectivity index (χ1v) is 9.91. The highest BCUT2D eigenvalue weighted by molar-refractivity contribution is 5.54. The molecule has 3 aromatic rings. The zero-order chi connectivity index (χ0) is 18.8. The third-order valence-electron chi connectivity index (χ3n) is 5.59. The van der Waals surface area contributed by atoms with E-state index in [1.54, 1.807) is 0 Å². The van der Waals surface area contributed by atoms with E-state index in [0.717, 1.165) is 75.9 Å². The highest BCUT2D eigenvalue weighted by Gasteiger charge is 2.23. The minimum atomic E-state index is 0.460. The Kier molecular flexibility index (Phi) is 4.84. The van der Waals surface area contributed by atoms with Crippen molar-refractivity contribution in [3.8, 4) is 11.4 Å². The van der Waals surface area contributed by atoms with Crippen LogP contribution in [0, 0.1) is 0 Å². The second kappa shape index (κ2) is 7.76. The molecule has 2 aromatic heterocycles. The fraction of sp³-hybridized carbons (Fsp3) is 0.526. The van der Waals surface area contributed by atoms with E-state index >= 15 is 0 Å². The van der Waals surface area contributed by atoms with Crippen LogP contribution in [0.2, 0.25) is 0 Å². The maximum absolute atomic E-state index is 5.46. The minimum absolute atomic E-state index is 0.460. The van der Waals surface area contributed by atoms with E-state index in [9.17, 15) is 0 Å². The number of nitrogens with zero attached hydrogens (tertiary/aromatic N) is 7. The summed E-state index contributed by atoms with van der Waals surface area (Å²) < 4.78 is 7.58. The third-order valence-corrected chi connectivity index (χ3v) is 5.59. The SMILES string of the molecule is c1cc(-c2nn[nH]n2)ccc1CN1CCc2nc(C3CCOCC3)nn2CC1. The number of rotatable bonds is 4. The number of H-pyrrole nitrogens is 1. The molecule has 0 saturated carbocycles. The van der Waals surface area contributed by atoms with Gasteiger partial charge in [0.2, 0.25) is 5.82 Å². The Labute approximate surface area is 163 Å². The van der Waals surface area contributed by atoms with Crippen molar-refractivity contribution in [1.29, 1.82) is 0 Å². The smallest absolute Gasteiger partial charge is 0.204 e. The summed E-state index contributed by atoms with van der Waals surface area (Å²) in [5, 5.41) is 19.0. The van der Waals surface area contributed by atoms with Crippen LogP contribution in [0.4, 0.5) is 0 Å². The van der Waals surface area contributed by atoms with Gasteiger partial charge in [0.1, 0.15) is 5.82 Å². The van der Waals surface area contributed by atoms with Crippen molar-refractivity contribution in [2.24, 2.45) is 0 Å². The van der Waals surface area contributed by atoms with E-state index in [2.05, 4.69) is 42.3 Å². The van der Waals surface area contributed by atoms with Crippen molar-refractivity contribution in [3.05, 3.63) is 41.5 Å². The second-order valence-electron chi connectivity index (χ2n) is 7.45. The maximum Gasteiger partial charge on any atom is 0.204 e. The van der Waals surface area contributed by atoms with Crippen LogP contribution < -0.4 is 0 Å². The lowest BCUT2D eigenvalue weighted by Crippen LogP contribution is -2.26. The van der Waals surface area contributed by atoms with E-state index in [4.69, 9.17) is 14.8 Å². The van der Waals surface area contributed by atoms with Crippen LogP contribution >= 0.6 is 0 Å². The molecule has 146 valence electrons. The molecule has 0 atom stereocenters. The molecule has 0 unspecified atom stereocenters. The van der Waals surface area contributed by atoms with Gasteiger partial charge in [-0.05, 0) is 23.6 Å². The van der Waals surface area contributed by atoms with Gasteiger partial charge < -0.3 is 4.74 Å². The molecule has 4 heterocycles. The Morgan fingerprint density at radius 2 is 1.93 bits per heavy atom. The predicted molar refractivity (Wildman–Crippen MR) is 101 cm³/mol. The quantitative estimate of drug-likeness (QED) is 0.731. The van der Waals surface area contributed by atoms with Crippen molar-refractivity contribution in [1.82, 2.24) is 40.3 Å². The maximum atomic E-state index is 5.46. The summed E-state index contributed by atoms with van der Waals surface area (Å²) >= 11 is 0. The molecule has 5 rings (SSSR count). The number of hydrogen-bond donors (Lipinski definition) is 1. The van der Waals surface area contributed by atoms with Gasteiger partial charge in [-0.2, -0.15) is 10.3 Å². The predicted octanol–water partition coefficient (Wildman–Crippen LogP) is 1.41. The van der Waals surface area contributed by atoms with Crippen molar-refractivity contribution < 1.29 is 4.74 Å². The van der Waals surface area contributed by atoms with E-state index in [1.807, 2.05) is 12.1 Å². The van der Waals surface area contributed by atoms with Gasteiger partial charge in [-0.3, -0.25) is 4.90 Å². The normalized spacial score (nSPS) is 18.7. The van der Waals surface area contributed by atoms with Crippen molar-refractivity contribution in [2.45, 2.75) is 38.3 Å². The standard InChI is InChI=1S/C19H24N8O/c1-3-15(19-21-24-25-22-19)4-2-14(1)13-26-8-5-17-20-18(23-27(17)10-9-26)16-6-11-28-12-7-16/h1-4,16H,5-13H2,(H,21,22,24,25). The number of nitrogens with one attached hydrogen (secondary N) is 1. The van der Waals surface area contributed by atoms with E-state index in [1.165, 1.54) is 5.56 Å². The van der Waals surface area contributed by atoms with Gasteiger partial charge in [0.15, 0.2) is 5.82 Å². The summed E-state index contributed by atoms with van der Waals surface area (Å²) in [6.45, 7) is 5.45. The topological polar surface area (TPSA) is 97.6 Å². The Balaban J connectivity index is 1.21. The highest BCUT2D eigenvalue weighted by Crippen LogP contribution is 2.25. The molecule has 0 aliphatic carbocycles. The number of fused-ring (bicyclic) bond motifs is 1. The number of aromatic nitrogens is 7. The van der Waals surface area contributed by atoms with Crippen LogP contribution in [0.25, 0.3) is 11.4 Å². The van der Waals surface area contributed by atoms with Crippen LogP contribution in [-0.2, 0) is 24.2 Å². The summed E-state index contributed by atoms with van der Waals surface area (Å²) in [7, 11) is 0. The lowest BCUT2D eigenvalue weighted by atomic mass is 10.00. The van der Waals surface area contributed by atoms with Crippen LogP contribution in [-0.4, -0.2) is 66.6 Å². The molecule has 9 nitrogen and oxygen atoms in total. The molecule has 9 heteroatoms. The lowest BCUT2D eigenvalue weighted by molar-refractivity contribution is 0.0835. The molecule has 1 saturated heterocycles. The Bertz CT molecular complexity index is 873. The van der Waals surface area contributed by atoms with Gasteiger partial charge in [0.25, 0.3) is 0 Å². The number of benzene rings is 1. The molecule has 0 spiro atoms. The van der Waals surface area contributed by atoms with Gasteiger partial charge in [-0.25, -0.2) is 9.67 Å². The van der Waals surface area contributed by atoms with Gasteiger partial charge >= 0.3 is 0 Å². The average Bonchev–Trinajstić information content (AvgIpc) is 3.38. The first-order valence-electron chi connectivity index (χ1n) is 9.91. The molecule has 0 amide bonds. The molecule has 0 bridgehead atoms. The van der Waals surface area contributed by atoms with Gasteiger partial charge in [0.05, 0.1) is 6.54 Å². The van der Waals surface area contributed by atoms with Crippen LogP contribution in [0.1, 0.15) is 36.0 Å². The molecule has 1 aromatic carbocycles. The largest absolute Gasteiger partial charge is 0.381 e. The number of ether oxygens (including phenoxy) is 1. The number of hydrogen-bond acceptors (Lipinski definition) is 7. The summed E-state index contributed by atoms with van der Waals surface area (Å²) in [6, 6.07) is 8.36. The molecule has 0 radical (unpaired) electrons. The summed E-state index contributed by atoms with van der Waals surface area (Å²) in [5.74, 6) is 3.22. The molecule has 1 fully saturated rings. The van der Waals surface area contributed by atoms with Gasteiger partial charge in [0, 0.05) is 50.8 Å². The summed E-state index contributed by atoms with van der Waals surface area (Å²) in [6.07, 6.45) is 3.02. The number of aromatic amines is 1. The highest BCUT2D eigenvalue weighted by atomic mass is 16.5. The molecule has 1 N–H and O–H groups in total. The molecule has 28 heavy (non-hydrogen) atoms. The fourth-order valence-corrected chi connectivity index (χ4v) is 3.95. The zero-order valence-corrected chi connectivity index (χ0v) is 15.8. The Morgan fingerprint density at radius 3 is 2.71 bits per heavy atom. The van der Waals surface area contributed by atoms with Crippen molar-refractivity contribution in [3.63, 3.8) is 0 Å². The van der Waals surface area contributed by atoms with Crippen molar-refractivity contribution >= 4 is 0 Å². The van der Waals surface area contributed by atoms with E-state index in [0.29, 0.717) is 11.7 Å². The fourth-order valence-electron chi connectivity index (χ4n) is 3.95. The monoisotopic (exact) mass is 380 g/mol. The van der Waals surface area contributed by atoms with Crippen LogP contribution in [0.5, 0.6) is 0 Å². The second-order valence-corrected chi connectivity index (χ2v) is 7.45. The summed E-state index contributed by atoms with van der Waals surface area (Å²) in [5.41, 5.74) is 2.25. The Morgan fingerprint density at radius 1 is 1.07 bits per heavy atom. The zero-order valence-electron chi connectivity index (χ0n) is 15.8. The molecule has 2 aliphatic heterocycles. The summed E-state index contributed by atoms with van der Waals surface area (Å²) in [4.78, 5) is 7.33. The lowest BCUT2D eigenvalue weighted by Gasteiger charge is -2.20. The van der Waals surface area contributed by atoms with Gasteiger partial charge in [-0.1, -0.05) is 24.3 Å². The van der Waals surface area contributed by atoms with E-state index in [-0.39, 0.29) is 0 Å². The molecule has 2 aliphatic rings. The Hall–Kier alpha value is -2.65. The first kappa shape index (κ1) is 17.4. The van der Waals surface area contributed by atoms with Crippen LogP contribution in [0.15, 0.2) is 24.3 Å². The van der Waals surface area contributed by atoms with Crippen LogP contribution in [0.3, 0.4) is 0 Å². The molecular formula is C19H24N8O. The number of tetrazole rings is 1.